The highest BCUT2D eigenvalue weighted by atomic mass is 16.5. The van der Waals surface area contributed by atoms with E-state index >= 15 is 0 Å². The topological polar surface area (TPSA) is 115 Å². The minimum absolute atomic E-state index is 0.192. The molecule has 0 aromatic heterocycles. The number of carbonyl (C=O) groups is 3. The molecule has 182 valence electrons. The average molecular weight is 470 g/mol. The Hall–Kier alpha value is -3.75. The zero-order valence-electron chi connectivity index (χ0n) is 20.1. The summed E-state index contributed by atoms with van der Waals surface area (Å²) in [5.41, 5.74) is 1.01. The lowest BCUT2D eigenvalue weighted by Gasteiger charge is -2.23. The summed E-state index contributed by atoms with van der Waals surface area (Å²) < 4.78 is 15.9. The number of carbonyl (C=O) groups excluding carboxylic acids is 3. The summed E-state index contributed by atoms with van der Waals surface area (Å²) in [7, 11) is 4.39. The van der Waals surface area contributed by atoms with Crippen LogP contribution in [0, 0.1) is 5.92 Å². The van der Waals surface area contributed by atoms with Crippen LogP contribution in [0.2, 0.25) is 0 Å². The van der Waals surface area contributed by atoms with E-state index in [4.69, 9.17) is 14.2 Å². The van der Waals surface area contributed by atoms with Crippen molar-refractivity contribution in [2.24, 2.45) is 5.92 Å². The summed E-state index contributed by atoms with van der Waals surface area (Å²) in [6.45, 7) is 3.65. The monoisotopic (exact) mass is 469 g/mol. The van der Waals surface area contributed by atoms with Gasteiger partial charge in [-0.1, -0.05) is 26.0 Å². The van der Waals surface area contributed by atoms with Crippen molar-refractivity contribution in [2.45, 2.75) is 38.8 Å². The van der Waals surface area contributed by atoms with E-state index < -0.39 is 17.9 Å². The fourth-order valence-corrected chi connectivity index (χ4v) is 3.46. The number of rotatable bonds is 10. The normalized spacial score (nSPS) is 13.6. The highest BCUT2D eigenvalue weighted by molar-refractivity contribution is 6.06. The van der Waals surface area contributed by atoms with Gasteiger partial charge in [-0.3, -0.25) is 14.4 Å². The molecule has 3 N–H and O–H groups in total. The predicted molar refractivity (Wildman–Crippen MR) is 128 cm³/mol. The number of methoxy groups -OCH3 is 3. The summed E-state index contributed by atoms with van der Waals surface area (Å²) >= 11 is 0. The fraction of sp³-hybridized carbons (Fsp3) is 0.400. The van der Waals surface area contributed by atoms with Gasteiger partial charge >= 0.3 is 0 Å². The molecule has 0 aliphatic heterocycles. The molecular weight excluding hydrogens is 438 g/mol. The molecule has 0 heterocycles. The summed E-state index contributed by atoms with van der Waals surface area (Å²) in [6, 6.07) is 9.17. The van der Waals surface area contributed by atoms with Crippen molar-refractivity contribution < 1.29 is 28.6 Å². The van der Waals surface area contributed by atoms with Crippen molar-refractivity contribution in [1.82, 2.24) is 10.6 Å². The maximum absolute atomic E-state index is 13.2. The number of ether oxygens (including phenoxy) is 3. The van der Waals surface area contributed by atoms with Gasteiger partial charge in [0.25, 0.3) is 11.8 Å². The van der Waals surface area contributed by atoms with E-state index in [1.165, 1.54) is 33.5 Å². The Labute approximate surface area is 199 Å². The van der Waals surface area contributed by atoms with Crippen LogP contribution in [-0.2, 0) is 4.79 Å². The smallest absolute Gasteiger partial charge is 0.253 e. The van der Waals surface area contributed by atoms with E-state index in [0.29, 0.717) is 28.5 Å². The molecule has 2 aromatic rings. The largest absolute Gasteiger partial charge is 0.493 e. The summed E-state index contributed by atoms with van der Waals surface area (Å²) in [4.78, 5) is 38.8. The number of amides is 3. The van der Waals surface area contributed by atoms with Gasteiger partial charge in [0.1, 0.15) is 6.04 Å². The molecule has 3 amide bonds. The Morgan fingerprint density at radius 3 is 2.06 bits per heavy atom. The maximum Gasteiger partial charge on any atom is 0.253 e. The van der Waals surface area contributed by atoms with Gasteiger partial charge in [0.2, 0.25) is 11.7 Å². The van der Waals surface area contributed by atoms with Crippen molar-refractivity contribution in [3.63, 3.8) is 0 Å². The second kappa shape index (κ2) is 10.9. The quantitative estimate of drug-likeness (QED) is 0.493. The van der Waals surface area contributed by atoms with Crippen LogP contribution >= 0.6 is 0 Å². The Kier molecular flexibility index (Phi) is 7.99. The highest BCUT2D eigenvalue weighted by Crippen LogP contribution is 2.38. The van der Waals surface area contributed by atoms with Crippen LogP contribution < -0.4 is 30.2 Å². The molecule has 0 bridgehead atoms. The highest BCUT2D eigenvalue weighted by Gasteiger charge is 2.28. The first-order valence-electron chi connectivity index (χ1n) is 11.1. The molecule has 0 saturated heterocycles. The van der Waals surface area contributed by atoms with E-state index in [9.17, 15) is 14.4 Å². The van der Waals surface area contributed by atoms with Gasteiger partial charge in [-0.15, -0.1) is 0 Å². The second-order valence-electron chi connectivity index (χ2n) is 8.39. The molecule has 1 aliphatic carbocycles. The zero-order chi connectivity index (χ0) is 24.8. The van der Waals surface area contributed by atoms with Crippen molar-refractivity contribution in [1.29, 1.82) is 0 Å². The predicted octanol–water partition coefficient (Wildman–Crippen LogP) is 3.00. The lowest BCUT2D eigenvalue weighted by Crippen LogP contribution is -2.47. The van der Waals surface area contributed by atoms with E-state index in [1.54, 1.807) is 24.3 Å². The van der Waals surface area contributed by atoms with Gasteiger partial charge < -0.3 is 30.2 Å². The lowest BCUT2D eigenvalue weighted by molar-refractivity contribution is -0.118. The van der Waals surface area contributed by atoms with E-state index in [0.717, 1.165) is 12.8 Å². The number of hydrogen-bond acceptors (Lipinski definition) is 6. The Morgan fingerprint density at radius 1 is 0.912 bits per heavy atom. The molecule has 1 aliphatic rings. The molecule has 3 rings (SSSR count). The van der Waals surface area contributed by atoms with Crippen LogP contribution in [-0.4, -0.2) is 51.1 Å². The first-order valence-corrected chi connectivity index (χ1v) is 11.1. The average Bonchev–Trinajstić information content (AvgIpc) is 3.65. The second-order valence-corrected chi connectivity index (χ2v) is 8.39. The first-order chi connectivity index (χ1) is 16.3. The van der Waals surface area contributed by atoms with E-state index in [2.05, 4.69) is 16.0 Å². The third kappa shape index (κ3) is 5.78. The molecule has 0 spiro atoms. The van der Waals surface area contributed by atoms with Crippen LogP contribution in [0.5, 0.6) is 17.2 Å². The lowest BCUT2D eigenvalue weighted by atomic mass is 10.0. The van der Waals surface area contributed by atoms with Crippen molar-refractivity contribution in [3.05, 3.63) is 47.5 Å². The summed E-state index contributed by atoms with van der Waals surface area (Å²) in [5.74, 6) is -0.350. The SMILES string of the molecule is COc1cc(C(=O)N[C@@H](C(=O)Nc2ccccc2C(=O)NC2CC2)C(C)C)cc(OC)c1OC. The molecule has 1 saturated carbocycles. The molecule has 0 radical (unpaired) electrons. The number of anilines is 1. The Morgan fingerprint density at radius 2 is 1.53 bits per heavy atom. The molecule has 2 aromatic carbocycles. The van der Waals surface area contributed by atoms with Crippen LogP contribution in [0.1, 0.15) is 47.4 Å². The number of benzene rings is 2. The number of para-hydroxylation sites is 1. The van der Waals surface area contributed by atoms with Crippen molar-refractivity contribution >= 4 is 23.4 Å². The van der Waals surface area contributed by atoms with Gasteiger partial charge in [-0.2, -0.15) is 0 Å². The molecule has 34 heavy (non-hydrogen) atoms. The molecule has 9 nitrogen and oxygen atoms in total. The third-order valence-corrected chi connectivity index (χ3v) is 5.50. The molecule has 9 heteroatoms. The van der Waals surface area contributed by atoms with Crippen molar-refractivity contribution in [2.75, 3.05) is 26.6 Å². The minimum Gasteiger partial charge on any atom is -0.493 e. The van der Waals surface area contributed by atoms with Crippen molar-refractivity contribution in [3.8, 4) is 17.2 Å². The van der Waals surface area contributed by atoms with Crippen LogP contribution in [0.3, 0.4) is 0 Å². The van der Waals surface area contributed by atoms with Crippen LogP contribution in [0.15, 0.2) is 36.4 Å². The Balaban J connectivity index is 1.79. The zero-order valence-corrected chi connectivity index (χ0v) is 20.1. The Bertz CT molecular complexity index is 1040. The minimum atomic E-state index is -0.855. The van der Waals surface area contributed by atoms with E-state index in [-0.39, 0.29) is 23.4 Å². The number of hydrogen-bond donors (Lipinski definition) is 3. The third-order valence-electron chi connectivity index (χ3n) is 5.50. The molecule has 1 fully saturated rings. The van der Waals surface area contributed by atoms with Crippen LogP contribution in [0.4, 0.5) is 5.69 Å². The molecular formula is C25H31N3O6. The van der Waals surface area contributed by atoms with Gasteiger partial charge in [0.15, 0.2) is 11.5 Å². The summed E-state index contributed by atoms with van der Waals surface area (Å²) in [5, 5.41) is 8.51. The van der Waals surface area contributed by atoms with Gasteiger partial charge in [0.05, 0.1) is 32.6 Å². The number of nitrogens with one attached hydrogen (secondary N) is 3. The summed E-state index contributed by atoms with van der Waals surface area (Å²) in [6.07, 6.45) is 1.92. The van der Waals surface area contributed by atoms with Gasteiger partial charge in [-0.25, -0.2) is 0 Å². The van der Waals surface area contributed by atoms with Crippen LogP contribution in [0.25, 0.3) is 0 Å². The first kappa shape index (κ1) is 24.9. The maximum atomic E-state index is 13.2. The standard InChI is InChI=1S/C25H31N3O6/c1-14(2)21(28-23(29)15-12-19(32-3)22(34-5)20(13-15)33-4)25(31)27-18-9-7-6-8-17(18)24(30)26-16-10-11-16/h6-9,12-14,16,21H,10-11H2,1-5H3,(H,26,30)(H,27,31)(H,28,29)/t21-/m1/s1. The van der Waals surface area contributed by atoms with E-state index in [1.807, 2.05) is 13.8 Å². The van der Waals surface area contributed by atoms with Gasteiger partial charge in [-0.05, 0) is 43.0 Å². The molecule has 0 unspecified atom stereocenters. The molecule has 1 atom stereocenters. The van der Waals surface area contributed by atoms with Gasteiger partial charge in [0, 0.05) is 11.6 Å². The fourth-order valence-electron chi connectivity index (χ4n) is 3.46.